The molecule has 1 atom stereocenters. The average molecular weight is 335 g/mol. The van der Waals surface area contributed by atoms with E-state index in [1.165, 1.54) is 0 Å². The van der Waals surface area contributed by atoms with E-state index >= 15 is 0 Å². The van der Waals surface area contributed by atoms with Crippen molar-refractivity contribution in [1.29, 1.82) is 0 Å². The lowest BCUT2D eigenvalue weighted by atomic mass is 10.2. The molecule has 3 aromatic rings. The molecular formula is C19H17N3O3. The van der Waals surface area contributed by atoms with E-state index in [4.69, 9.17) is 9.47 Å². The van der Waals surface area contributed by atoms with Crippen molar-refractivity contribution in [2.24, 2.45) is 0 Å². The number of ether oxygens (including phenoxy) is 2. The van der Waals surface area contributed by atoms with Crippen LogP contribution in [0.4, 0.5) is 0 Å². The lowest BCUT2D eigenvalue weighted by Gasteiger charge is -2.25. The highest BCUT2D eigenvalue weighted by molar-refractivity contribution is 5.81. The highest BCUT2D eigenvalue weighted by atomic mass is 16.6. The summed E-state index contributed by atoms with van der Waals surface area (Å²) in [6.07, 6.45) is 1.09. The number of hydrogen-bond acceptors (Lipinski definition) is 4. The number of carbonyl (C=O) groups excluding carboxylic acids is 1. The number of aromatic nitrogens is 2. The van der Waals surface area contributed by atoms with Crippen LogP contribution < -0.4 is 14.8 Å². The molecule has 0 saturated carbocycles. The van der Waals surface area contributed by atoms with Crippen LogP contribution in [0.25, 0.3) is 11.3 Å². The molecule has 0 aliphatic carbocycles. The molecule has 6 heteroatoms. The highest BCUT2D eigenvalue weighted by Crippen LogP contribution is 2.30. The van der Waals surface area contributed by atoms with E-state index in [-0.39, 0.29) is 12.5 Å². The molecule has 1 aliphatic heterocycles. The molecule has 1 aromatic heterocycles. The number of imidazole rings is 1. The molecule has 2 aromatic carbocycles. The van der Waals surface area contributed by atoms with E-state index in [9.17, 15) is 4.79 Å². The quantitative estimate of drug-likeness (QED) is 0.768. The summed E-state index contributed by atoms with van der Waals surface area (Å²) in [5.41, 5.74) is 1.96. The first-order chi connectivity index (χ1) is 12.3. The Balaban J connectivity index is 1.36. The van der Waals surface area contributed by atoms with E-state index < -0.39 is 6.10 Å². The van der Waals surface area contributed by atoms with Crippen LogP contribution in [0.5, 0.6) is 11.5 Å². The van der Waals surface area contributed by atoms with Crippen LogP contribution in [-0.2, 0) is 11.3 Å². The van der Waals surface area contributed by atoms with Gasteiger partial charge in [0.05, 0.1) is 18.4 Å². The van der Waals surface area contributed by atoms with Gasteiger partial charge in [0, 0.05) is 0 Å². The summed E-state index contributed by atoms with van der Waals surface area (Å²) >= 11 is 0. The third kappa shape index (κ3) is 3.33. The van der Waals surface area contributed by atoms with Gasteiger partial charge in [-0.1, -0.05) is 42.5 Å². The molecule has 0 bridgehead atoms. The van der Waals surface area contributed by atoms with Crippen molar-refractivity contribution in [3.8, 4) is 22.8 Å². The largest absolute Gasteiger partial charge is 0.485 e. The third-order valence-corrected chi connectivity index (χ3v) is 3.94. The van der Waals surface area contributed by atoms with Crippen molar-refractivity contribution in [3.63, 3.8) is 0 Å². The van der Waals surface area contributed by atoms with Crippen molar-refractivity contribution in [1.82, 2.24) is 15.3 Å². The zero-order chi connectivity index (χ0) is 17.1. The number of para-hydroxylation sites is 2. The van der Waals surface area contributed by atoms with Crippen molar-refractivity contribution in [3.05, 3.63) is 66.6 Å². The van der Waals surface area contributed by atoms with Crippen molar-refractivity contribution < 1.29 is 14.3 Å². The molecule has 1 aliphatic rings. The minimum atomic E-state index is -0.668. The van der Waals surface area contributed by atoms with Gasteiger partial charge in [-0.05, 0) is 17.7 Å². The highest BCUT2D eigenvalue weighted by Gasteiger charge is 2.27. The zero-order valence-electron chi connectivity index (χ0n) is 13.4. The first-order valence-electron chi connectivity index (χ1n) is 8.05. The third-order valence-electron chi connectivity index (χ3n) is 3.94. The molecule has 0 saturated heterocycles. The molecule has 1 amide bonds. The number of aromatic amines is 1. The number of rotatable bonds is 4. The Morgan fingerprint density at radius 1 is 1.12 bits per heavy atom. The van der Waals surface area contributed by atoms with Crippen molar-refractivity contribution >= 4 is 5.91 Å². The van der Waals surface area contributed by atoms with Crippen LogP contribution in [0.3, 0.4) is 0 Å². The average Bonchev–Trinajstić information content (AvgIpc) is 3.15. The van der Waals surface area contributed by atoms with Gasteiger partial charge in [-0.2, -0.15) is 0 Å². The summed E-state index contributed by atoms with van der Waals surface area (Å²) in [5.74, 6) is 1.69. The summed E-state index contributed by atoms with van der Waals surface area (Å²) in [7, 11) is 0. The molecule has 0 unspecified atom stereocenters. The van der Waals surface area contributed by atoms with Gasteiger partial charge in [-0.3, -0.25) is 4.79 Å². The van der Waals surface area contributed by atoms with Crippen LogP contribution in [0, 0.1) is 0 Å². The van der Waals surface area contributed by atoms with E-state index in [0.29, 0.717) is 23.9 Å². The number of carbonyl (C=O) groups is 1. The van der Waals surface area contributed by atoms with Gasteiger partial charge < -0.3 is 19.8 Å². The van der Waals surface area contributed by atoms with Gasteiger partial charge >= 0.3 is 0 Å². The predicted molar refractivity (Wildman–Crippen MR) is 92.2 cm³/mol. The van der Waals surface area contributed by atoms with Gasteiger partial charge in [0.15, 0.2) is 11.5 Å². The maximum Gasteiger partial charge on any atom is 0.265 e. The fourth-order valence-electron chi connectivity index (χ4n) is 2.65. The molecule has 2 heterocycles. The second-order valence-electron chi connectivity index (χ2n) is 5.69. The lowest BCUT2D eigenvalue weighted by molar-refractivity contribution is -0.130. The maximum atomic E-state index is 12.3. The number of H-pyrrole nitrogens is 1. The SMILES string of the molecule is O=C(NCc1ncc(-c2ccccc2)[nH]1)[C@@H]1COc2ccccc2O1. The Bertz CT molecular complexity index is 876. The second-order valence-corrected chi connectivity index (χ2v) is 5.69. The normalized spacial score (nSPS) is 15.6. The standard InChI is InChI=1S/C19H17N3O3/c23-19(17-12-24-15-8-4-5-9-16(15)25-17)21-11-18-20-10-14(22-18)13-6-2-1-3-7-13/h1-10,17H,11-12H2,(H,20,22)(H,21,23)/t17-/m0/s1. The Labute approximate surface area is 144 Å². The lowest BCUT2D eigenvalue weighted by Crippen LogP contribution is -2.43. The smallest absolute Gasteiger partial charge is 0.265 e. The van der Waals surface area contributed by atoms with Crippen LogP contribution >= 0.6 is 0 Å². The van der Waals surface area contributed by atoms with E-state index in [1.807, 2.05) is 48.5 Å². The zero-order valence-corrected chi connectivity index (χ0v) is 13.4. The summed E-state index contributed by atoms with van der Waals surface area (Å²) < 4.78 is 11.3. The minimum Gasteiger partial charge on any atom is -0.485 e. The number of nitrogens with one attached hydrogen (secondary N) is 2. The monoisotopic (exact) mass is 335 g/mol. The van der Waals surface area contributed by atoms with E-state index in [1.54, 1.807) is 12.3 Å². The fraction of sp³-hybridized carbons (Fsp3) is 0.158. The number of fused-ring (bicyclic) bond motifs is 1. The summed E-state index contributed by atoms with van der Waals surface area (Å²) in [6, 6.07) is 17.2. The minimum absolute atomic E-state index is 0.191. The fourth-order valence-corrected chi connectivity index (χ4v) is 2.65. The molecule has 126 valence electrons. The number of benzene rings is 2. The summed E-state index contributed by atoms with van der Waals surface area (Å²) in [6.45, 7) is 0.490. The van der Waals surface area contributed by atoms with Gasteiger partial charge in [0.2, 0.25) is 6.10 Å². The van der Waals surface area contributed by atoms with Crippen LogP contribution in [0.2, 0.25) is 0 Å². The number of nitrogens with zero attached hydrogens (tertiary/aromatic N) is 1. The molecule has 6 nitrogen and oxygen atoms in total. The molecular weight excluding hydrogens is 318 g/mol. The molecule has 0 fully saturated rings. The predicted octanol–water partition coefficient (Wildman–Crippen LogP) is 2.53. The second kappa shape index (κ2) is 6.68. The van der Waals surface area contributed by atoms with Crippen LogP contribution in [0.15, 0.2) is 60.8 Å². The molecule has 0 radical (unpaired) electrons. The summed E-state index contributed by atoms with van der Waals surface area (Å²) in [4.78, 5) is 19.8. The Morgan fingerprint density at radius 2 is 1.88 bits per heavy atom. The first-order valence-corrected chi connectivity index (χ1v) is 8.05. The first kappa shape index (κ1) is 15.3. The van der Waals surface area contributed by atoms with Gasteiger partial charge in [0.1, 0.15) is 12.4 Å². The van der Waals surface area contributed by atoms with E-state index in [2.05, 4.69) is 15.3 Å². The Kier molecular flexibility index (Phi) is 4.08. The molecule has 2 N–H and O–H groups in total. The van der Waals surface area contributed by atoms with Crippen molar-refractivity contribution in [2.45, 2.75) is 12.6 Å². The van der Waals surface area contributed by atoms with E-state index in [0.717, 1.165) is 11.3 Å². The topological polar surface area (TPSA) is 76.2 Å². The summed E-state index contributed by atoms with van der Waals surface area (Å²) in [5, 5.41) is 2.83. The molecule has 0 spiro atoms. The van der Waals surface area contributed by atoms with Crippen LogP contribution in [0.1, 0.15) is 5.82 Å². The number of amides is 1. The van der Waals surface area contributed by atoms with Gasteiger partial charge in [0.25, 0.3) is 5.91 Å². The van der Waals surface area contributed by atoms with Gasteiger partial charge in [-0.25, -0.2) is 4.98 Å². The van der Waals surface area contributed by atoms with Crippen LogP contribution in [-0.4, -0.2) is 28.6 Å². The molecule has 25 heavy (non-hydrogen) atoms. The van der Waals surface area contributed by atoms with Gasteiger partial charge in [-0.15, -0.1) is 0 Å². The Hall–Kier alpha value is -3.28. The number of hydrogen-bond donors (Lipinski definition) is 2. The maximum absolute atomic E-state index is 12.3. The Morgan fingerprint density at radius 3 is 2.72 bits per heavy atom. The van der Waals surface area contributed by atoms with Crippen molar-refractivity contribution in [2.75, 3.05) is 6.61 Å². The molecule has 4 rings (SSSR count).